The molecule has 2 amide bonds. The number of hydrogen-bond acceptors (Lipinski definition) is 3. The molecule has 0 spiro atoms. The van der Waals surface area contributed by atoms with Crippen molar-refractivity contribution in [3.63, 3.8) is 0 Å². The highest BCUT2D eigenvalue weighted by Gasteiger charge is 2.28. The van der Waals surface area contributed by atoms with Crippen LogP contribution in [0.2, 0.25) is 0 Å². The minimum Gasteiger partial charge on any atom is -0.480 e. The van der Waals surface area contributed by atoms with Gasteiger partial charge in [0.25, 0.3) is 0 Å². The van der Waals surface area contributed by atoms with Gasteiger partial charge in [-0.1, -0.05) is 30.3 Å². The largest absolute Gasteiger partial charge is 0.480 e. The maximum atomic E-state index is 12.0. The molecule has 1 aromatic carbocycles. The number of primary amides is 1. The first-order chi connectivity index (χ1) is 9.41. The second-order valence-electron chi connectivity index (χ2n) is 4.23. The van der Waals surface area contributed by atoms with Crippen molar-refractivity contribution >= 4 is 33.9 Å². The molecule has 3 N–H and O–H groups in total. The Morgan fingerprint density at radius 2 is 1.85 bits per heavy atom. The summed E-state index contributed by atoms with van der Waals surface area (Å²) in [5.74, 6) is -2.19. The van der Waals surface area contributed by atoms with Crippen LogP contribution in [-0.4, -0.2) is 32.9 Å². The van der Waals surface area contributed by atoms with E-state index in [9.17, 15) is 14.4 Å². The number of hydrogen-bond donors (Lipinski definition) is 2. The number of rotatable bonds is 7. The Morgan fingerprint density at radius 3 is 2.35 bits per heavy atom. The van der Waals surface area contributed by atoms with Gasteiger partial charge in [-0.05, 0) is 12.0 Å². The van der Waals surface area contributed by atoms with Gasteiger partial charge in [-0.25, -0.2) is 4.79 Å². The first-order valence-corrected chi connectivity index (χ1v) is 6.65. The Labute approximate surface area is 124 Å². The van der Waals surface area contributed by atoms with Crippen molar-refractivity contribution in [2.24, 2.45) is 5.73 Å². The van der Waals surface area contributed by atoms with Gasteiger partial charge in [-0.2, -0.15) is 0 Å². The van der Waals surface area contributed by atoms with E-state index in [0.717, 1.165) is 9.49 Å². The Kier molecular flexibility index (Phi) is 6.17. The number of amides is 2. The Balaban J connectivity index is 2.68. The highest BCUT2D eigenvalue weighted by molar-refractivity contribution is 9.07. The average molecular weight is 343 g/mol. The number of benzene rings is 1. The summed E-state index contributed by atoms with van der Waals surface area (Å²) in [7, 11) is 0. The molecule has 0 aliphatic heterocycles. The number of carboxylic acid groups (broad SMARTS) is 1. The molecule has 0 fully saturated rings. The van der Waals surface area contributed by atoms with Crippen molar-refractivity contribution in [1.29, 1.82) is 0 Å². The zero-order chi connectivity index (χ0) is 15.1. The van der Waals surface area contributed by atoms with Crippen LogP contribution >= 0.6 is 16.1 Å². The van der Waals surface area contributed by atoms with Crippen molar-refractivity contribution in [2.75, 3.05) is 0 Å². The van der Waals surface area contributed by atoms with Gasteiger partial charge in [0.15, 0.2) is 0 Å². The Bertz CT molecular complexity index is 492. The summed E-state index contributed by atoms with van der Waals surface area (Å²) in [5, 5.41) is 9.10. The summed E-state index contributed by atoms with van der Waals surface area (Å²) in [6.07, 6.45) is -0.0550. The number of carbonyl (C=O) groups is 3. The average Bonchev–Trinajstić information content (AvgIpc) is 2.39. The summed E-state index contributed by atoms with van der Waals surface area (Å²) < 4.78 is 0.964. The molecule has 7 heteroatoms. The predicted molar refractivity (Wildman–Crippen MR) is 75.8 cm³/mol. The first-order valence-electron chi connectivity index (χ1n) is 5.94. The fourth-order valence-corrected chi connectivity index (χ4v) is 2.14. The van der Waals surface area contributed by atoms with Crippen LogP contribution in [0.15, 0.2) is 30.3 Å². The number of nitrogens with two attached hydrogens (primary N) is 1. The fourth-order valence-electron chi connectivity index (χ4n) is 1.63. The molecule has 0 heterocycles. The van der Waals surface area contributed by atoms with Crippen LogP contribution in [0.1, 0.15) is 18.4 Å². The lowest BCUT2D eigenvalue weighted by Crippen LogP contribution is -2.39. The van der Waals surface area contributed by atoms with Crippen LogP contribution in [0, 0.1) is 0 Å². The van der Waals surface area contributed by atoms with Crippen LogP contribution in [-0.2, 0) is 20.8 Å². The molecule has 20 heavy (non-hydrogen) atoms. The quantitative estimate of drug-likeness (QED) is 0.724. The molecular weight excluding hydrogens is 328 g/mol. The molecule has 108 valence electrons. The summed E-state index contributed by atoms with van der Waals surface area (Å²) in [6, 6.07) is 7.84. The number of aliphatic carboxylic acids is 1. The van der Waals surface area contributed by atoms with Gasteiger partial charge in [0.05, 0.1) is 22.6 Å². The van der Waals surface area contributed by atoms with Crippen LogP contribution in [0.25, 0.3) is 0 Å². The molecule has 0 aliphatic carbocycles. The molecular formula is C13H15BrN2O4. The SMILES string of the molecule is NC(=O)CC[C@@H](C(=O)O)N(Br)C(=O)Cc1ccccc1. The van der Waals surface area contributed by atoms with Gasteiger partial charge >= 0.3 is 5.97 Å². The lowest BCUT2D eigenvalue weighted by Gasteiger charge is -2.22. The van der Waals surface area contributed by atoms with E-state index in [1.807, 2.05) is 6.07 Å². The van der Waals surface area contributed by atoms with E-state index in [-0.39, 0.29) is 19.3 Å². The van der Waals surface area contributed by atoms with Crippen LogP contribution in [0.3, 0.4) is 0 Å². The summed E-state index contributed by atoms with van der Waals surface area (Å²) >= 11 is 2.97. The monoisotopic (exact) mass is 342 g/mol. The smallest absolute Gasteiger partial charge is 0.327 e. The standard InChI is InChI=1S/C13H15BrN2O4/c14-16(10(13(19)20)6-7-11(15)17)12(18)8-9-4-2-1-3-5-9/h1-5,10H,6-8H2,(H2,15,17)(H,19,20)/t10-/m0/s1. The number of carboxylic acids is 1. The number of carbonyl (C=O) groups excluding carboxylic acids is 2. The second-order valence-corrected chi connectivity index (χ2v) is 4.99. The first kappa shape index (κ1) is 16.2. The summed E-state index contributed by atoms with van der Waals surface area (Å²) in [4.78, 5) is 33.9. The molecule has 1 aromatic rings. The zero-order valence-electron chi connectivity index (χ0n) is 10.7. The van der Waals surface area contributed by atoms with Gasteiger partial charge in [0, 0.05) is 6.42 Å². The fraction of sp³-hybridized carbons (Fsp3) is 0.308. The molecule has 1 rings (SSSR count). The molecule has 0 radical (unpaired) electrons. The lowest BCUT2D eigenvalue weighted by molar-refractivity contribution is -0.145. The Morgan fingerprint density at radius 1 is 1.25 bits per heavy atom. The predicted octanol–water partition coefficient (Wildman–Crippen LogP) is 1.09. The molecule has 0 unspecified atom stereocenters. The number of nitrogens with zero attached hydrogens (tertiary/aromatic N) is 1. The van der Waals surface area contributed by atoms with Crippen molar-refractivity contribution in [2.45, 2.75) is 25.3 Å². The molecule has 0 bridgehead atoms. The molecule has 6 nitrogen and oxygen atoms in total. The number of halogens is 1. The second kappa shape index (κ2) is 7.64. The van der Waals surface area contributed by atoms with E-state index in [2.05, 4.69) is 16.1 Å². The van der Waals surface area contributed by atoms with Crippen molar-refractivity contribution < 1.29 is 19.5 Å². The summed E-state index contributed by atoms with van der Waals surface area (Å²) in [5.41, 5.74) is 5.77. The Hall–Kier alpha value is -1.89. The minimum absolute atomic E-state index is 0.0313. The molecule has 1 atom stereocenters. The highest BCUT2D eigenvalue weighted by Crippen LogP contribution is 2.15. The van der Waals surface area contributed by atoms with Crippen molar-refractivity contribution in [1.82, 2.24) is 3.93 Å². The van der Waals surface area contributed by atoms with E-state index in [1.54, 1.807) is 24.3 Å². The van der Waals surface area contributed by atoms with E-state index >= 15 is 0 Å². The third-order valence-electron chi connectivity index (χ3n) is 2.66. The zero-order valence-corrected chi connectivity index (χ0v) is 12.2. The molecule has 0 saturated heterocycles. The molecule has 0 aromatic heterocycles. The maximum absolute atomic E-state index is 12.0. The summed E-state index contributed by atoms with van der Waals surface area (Å²) in [6.45, 7) is 0. The van der Waals surface area contributed by atoms with Gasteiger partial charge in [-0.15, -0.1) is 0 Å². The van der Waals surface area contributed by atoms with E-state index in [4.69, 9.17) is 10.8 Å². The topological polar surface area (TPSA) is 101 Å². The van der Waals surface area contributed by atoms with E-state index < -0.39 is 23.8 Å². The normalized spacial score (nSPS) is 11.7. The van der Waals surface area contributed by atoms with Gasteiger partial charge < -0.3 is 10.8 Å². The van der Waals surface area contributed by atoms with Crippen molar-refractivity contribution in [3.05, 3.63) is 35.9 Å². The van der Waals surface area contributed by atoms with Crippen molar-refractivity contribution in [3.8, 4) is 0 Å². The van der Waals surface area contributed by atoms with Crippen LogP contribution in [0.5, 0.6) is 0 Å². The molecule has 0 saturated carbocycles. The van der Waals surface area contributed by atoms with Crippen LogP contribution < -0.4 is 5.73 Å². The third kappa shape index (κ3) is 5.00. The van der Waals surface area contributed by atoms with Crippen LogP contribution in [0.4, 0.5) is 0 Å². The maximum Gasteiger partial charge on any atom is 0.327 e. The third-order valence-corrected chi connectivity index (χ3v) is 3.55. The van der Waals surface area contributed by atoms with E-state index in [0.29, 0.717) is 0 Å². The van der Waals surface area contributed by atoms with Gasteiger partial charge in [0.1, 0.15) is 6.04 Å². The highest BCUT2D eigenvalue weighted by atomic mass is 79.9. The van der Waals surface area contributed by atoms with Gasteiger partial charge in [-0.3, -0.25) is 13.5 Å². The minimum atomic E-state index is -1.19. The molecule has 0 aliphatic rings. The van der Waals surface area contributed by atoms with Gasteiger partial charge in [0.2, 0.25) is 11.8 Å². The lowest BCUT2D eigenvalue weighted by atomic mass is 10.1. The van der Waals surface area contributed by atoms with E-state index in [1.165, 1.54) is 0 Å².